The van der Waals surface area contributed by atoms with Crippen LogP contribution >= 0.6 is 0 Å². The van der Waals surface area contributed by atoms with Crippen LogP contribution in [-0.2, 0) is 24.2 Å². The Hall–Kier alpha value is -2.50. The van der Waals surface area contributed by atoms with Crippen LogP contribution in [0.3, 0.4) is 0 Å². The third-order valence-electron chi connectivity index (χ3n) is 3.36. The van der Waals surface area contributed by atoms with Crippen LogP contribution in [0, 0.1) is 0 Å². The lowest BCUT2D eigenvalue weighted by Gasteiger charge is -2.21. The Bertz CT molecular complexity index is 738. The molecule has 0 aliphatic carbocycles. The lowest BCUT2D eigenvalue weighted by molar-refractivity contribution is -0.137. The number of hydrogen-bond acceptors (Lipinski definition) is 7. The third kappa shape index (κ3) is 6.10. The second-order valence-electron chi connectivity index (χ2n) is 5.38. The van der Waals surface area contributed by atoms with Crippen LogP contribution < -0.4 is 22.1 Å². The number of nitrogens with one attached hydrogen (secondary N) is 2. The van der Waals surface area contributed by atoms with Crippen LogP contribution in [0.25, 0.3) is 0 Å². The summed E-state index contributed by atoms with van der Waals surface area (Å²) in [5.74, 6) is -2.92. The zero-order valence-corrected chi connectivity index (χ0v) is 14.7. The highest BCUT2D eigenvalue weighted by atomic mass is 32.2. The first-order chi connectivity index (χ1) is 12.2. The Morgan fingerprint density at radius 2 is 1.73 bits per heavy atom. The first kappa shape index (κ1) is 21.5. The van der Waals surface area contributed by atoms with Gasteiger partial charge < -0.3 is 27.2 Å². The summed E-state index contributed by atoms with van der Waals surface area (Å²) in [5.41, 5.74) is 10.9. The Morgan fingerprint density at radius 1 is 1.12 bits per heavy atom. The first-order valence-electron chi connectivity index (χ1n) is 7.73. The molecule has 0 aliphatic rings. The number of carbonyl (C=O) groups excluding carboxylic acids is 2. The fourth-order valence-electron chi connectivity index (χ4n) is 2.08. The highest BCUT2D eigenvalue weighted by Crippen LogP contribution is 2.17. The van der Waals surface area contributed by atoms with Crippen molar-refractivity contribution in [3.8, 4) is 0 Å². The number of hydrogen-bond donors (Lipinski definition) is 5. The summed E-state index contributed by atoms with van der Waals surface area (Å²) in [4.78, 5) is 34.4. The van der Waals surface area contributed by atoms with Gasteiger partial charge in [-0.1, -0.05) is 18.2 Å². The summed E-state index contributed by atoms with van der Waals surface area (Å²) in [6.45, 7) is -0.142. The van der Waals surface area contributed by atoms with Crippen LogP contribution in [0.2, 0.25) is 0 Å². The highest BCUT2D eigenvalue weighted by Gasteiger charge is 2.39. The molecule has 1 rings (SSSR count). The molecule has 0 saturated carbocycles. The second kappa shape index (κ2) is 9.85. The number of nitrogens with two attached hydrogens (primary N) is 2. The van der Waals surface area contributed by atoms with Gasteiger partial charge in [0.15, 0.2) is 15.1 Å². The number of rotatable bonds is 10. The number of carboxylic acids is 1. The van der Waals surface area contributed by atoms with Gasteiger partial charge in [0.05, 0.1) is 11.4 Å². The molecule has 7 N–H and O–H groups in total. The van der Waals surface area contributed by atoms with Gasteiger partial charge in [-0.25, -0.2) is 8.42 Å². The van der Waals surface area contributed by atoms with Crippen molar-refractivity contribution in [1.82, 2.24) is 10.6 Å². The molecular weight excluding hydrogens is 364 g/mol. The van der Waals surface area contributed by atoms with E-state index in [1.807, 2.05) is 0 Å². The van der Waals surface area contributed by atoms with Crippen LogP contribution in [0.1, 0.15) is 12.8 Å². The molecule has 0 heterocycles. The summed E-state index contributed by atoms with van der Waals surface area (Å²) in [6.07, 6.45) is -1.12. The molecule has 144 valence electrons. The van der Waals surface area contributed by atoms with Gasteiger partial charge in [0, 0.05) is 6.42 Å². The fraction of sp³-hybridized carbons (Fsp3) is 0.400. The summed E-state index contributed by atoms with van der Waals surface area (Å²) in [5, 5.41) is 11.6. The van der Waals surface area contributed by atoms with Crippen molar-refractivity contribution < 1.29 is 27.9 Å². The van der Waals surface area contributed by atoms with Crippen molar-refractivity contribution in [3.63, 3.8) is 0 Å². The van der Waals surface area contributed by atoms with Crippen molar-refractivity contribution in [2.45, 2.75) is 29.2 Å². The number of carboxylic acid groups (broad SMARTS) is 1. The summed E-state index contributed by atoms with van der Waals surface area (Å²) < 4.78 is 25.0. The van der Waals surface area contributed by atoms with Crippen LogP contribution in [0.15, 0.2) is 35.2 Å². The molecule has 1 aromatic carbocycles. The Labute approximate surface area is 150 Å². The van der Waals surface area contributed by atoms with E-state index in [0.717, 1.165) is 0 Å². The van der Waals surface area contributed by atoms with Crippen LogP contribution in [0.4, 0.5) is 0 Å². The zero-order valence-electron chi connectivity index (χ0n) is 13.9. The van der Waals surface area contributed by atoms with E-state index in [4.69, 9.17) is 11.5 Å². The van der Waals surface area contributed by atoms with Crippen LogP contribution in [0.5, 0.6) is 0 Å². The third-order valence-corrected chi connectivity index (χ3v) is 5.45. The van der Waals surface area contributed by atoms with Gasteiger partial charge >= 0.3 is 5.97 Å². The standard InChI is InChI=1S/C15H22N4O6S/c16-8-4-7-11(20)18-9-12(21)19-14(17)13(15(22)23)26(24,25)10-5-2-1-3-6-10/h1-3,5-6,13-14H,4,7-9,16-17H2,(H,18,20)(H,19,21)(H,22,23). The van der Waals surface area contributed by atoms with E-state index in [9.17, 15) is 27.9 Å². The molecule has 0 radical (unpaired) electrons. The number of benzene rings is 1. The highest BCUT2D eigenvalue weighted by molar-refractivity contribution is 7.92. The predicted octanol–water partition coefficient (Wildman–Crippen LogP) is -1.83. The smallest absolute Gasteiger partial charge is 0.325 e. The van der Waals surface area contributed by atoms with E-state index in [2.05, 4.69) is 10.6 Å². The predicted molar refractivity (Wildman–Crippen MR) is 92.5 cm³/mol. The molecule has 2 amide bonds. The van der Waals surface area contributed by atoms with Crippen molar-refractivity contribution in [3.05, 3.63) is 30.3 Å². The molecule has 26 heavy (non-hydrogen) atoms. The van der Waals surface area contributed by atoms with E-state index in [0.29, 0.717) is 13.0 Å². The number of aliphatic carboxylic acids is 1. The average molecular weight is 386 g/mol. The van der Waals surface area contributed by atoms with E-state index >= 15 is 0 Å². The SMILES string of the molecule is NCCCC(=O)NCC(=O)NC(N)C(C(=O)O)S(=O)(=O)c1ccccc1. The number of carbonyl (C=O) groups is 3. The minimum atomic E-state index is -4.33. The van der Waals surface area contributed by atoms with Crippen molar-refractivity contribution in [1.29, 1.82) is 0 Å². The topological polar surface area (TPSA) is 182 Å². The van der Waals surface area contributed by atoms with E-state index in [1.165, 1.54) is 24.3 Å². The van der Waals surface area contributed by atoms with Crippen molar-refractivity contribution in [2.24, 2.45) is 11.5 Å². The van der Waals surface area contributed by atoms with Crippen LogP contribution in [-0.4, -0.2) is 55.8 Å². The second-order valence-corrected chi connectivity index (χ2v) is 7.45. The minimum absolute atomic E-state index is 0.135. The largest absolute Gasteiger partial charge is 0.480 e. The molecule has 0 spiro atoms. The van der Waals surface area contributed by atoms with Crippen molar-refractivity contribution in [2.75, 3.05) is 13.1 Å². The van der Waals surface area contributed by atoms with E-state index < -0.39 is 45.6 Å². The van der Waals surface area contributed by atoms with Gasteiger partial charge in [-0.3, -0.25) is 14.4 Å². The molecular formula is C15H22N4O6S. The van der Waals surface area contributed by atoms with Gasteiger partial charge in [-0.2, -0.15) is 0 Å². The lowest BCUT2D eigenvalue weighted by Crippen LogP contribution is -2.57. The monoisotopic (exact) mass is 386 g/mol. The molecule has 11 heteroatoms. The zero-order chi connectivity index (χ0) is 19.7. The number of amides is 2. The van der Waals surface area contributed by atoms with Gasteiger partial charge in [0.25, 0.3) is 0 Å². The maximum absolute atomic E-state index is 12.5. The maximum Gasteiger partial charge on any atom is 0.325 e. The minimum Gasteiger partial charge on any atom is -0.480 e. The Morgan fingerprint density at radius 3 is 2.27 bits per heavy atom. The quantitative estimate of drug-likeness (QED) is 0.291. The lowest BCUT2D eigenvalue weighted by atomic mass is 10.3. The van der Waals surface area contributed by atoms with Crippen molar-refractivity contribution >= 4 is 27.6 Å². The Kier molecular flexibility index (Phi) is 8.16. The fourth-order valence-corrected chi connectivity index (χ4v) is 3.63. The number of sulfone groups is 1. The summed E-state index contributed by atoms with van der Waals surface area (Å²) in [7, 11) is -4.33. The molecule has 2 atom stereocenters. The van der Waals surface area contributed by atoms with E-state index in [1.54, 1.807) is 6.07 Å². The van der Waals surface area contributed by atoms with Gasteiger partial charge in [0.2, 0.25) is 11.8 Å². The first-order valence-corrected chi connectivity index (χ1v) is 9.28. The van der Waals surface area contributed by atoms with E-state index in [-0.39, 0.29) is 11.3 Å². The van der Waals surface area contributed by atoms with Gasteiger partial charge in [0.1, 0.15) is 6.17 Å². The molecule has 10 nitrogen and oxygen atoms in total. The van der Waals surface area contributed by atoms with Gasteiger partial charge in [-0.15, -0.1) is 0 Å². The summed E-state index contributed by atoms with van der Waals surface area (Å²) >= 11 is 0. The average Bonchev–Trinajstić information content (AvgIpc) is 2.58. The summed E-state index contributed by atoms with van der Waals surface area (Å²) in [6, 6.07) is 6.92. The maximum atomic E-state index is 12.5. The molecule has 1 aromatic rings. The van der Waals surface area contributed by atoms with Gasteiger partial charge in [-0.05, 0) is 25.1 Å². The normalized spacial score (nSPS) is 13.5. The molecule has 2 unspecified atom stereocenters. The molecule has 0 aliphatic heterocycles. The molecule has 0 bridgehead atoms. The molecule has 0 fully saturated rings. The molecule has 0 aromatic heterocycles. The molecule has 0 saturated heterocycles. The Balaban J connectivity index is 2.78.